The summed E-state index contributed by atoms with van der Waals surface area (Å²) in [6.07, 6.45) is 4.76. The monoisotopic (exact) mass is 374 g/mol. The van der Waals surface area contributed by atoms with Crippen molar-refractivity contribution >= 4 is 28.7 Å². The molecule has 132 valence electrons. The third-order valence-corrected chi connectivity index (χ3v) is 6.15. The van der Waals surface area contributed by atoms with E-state index in [-0.39, 0.29) is 18.4 Å². The second kappa shape index (κ2) is 6.72. The van der Waals surface area contributed by atoms with Gasteiger partial charge in [0.25, 0.3) is 0 Å². The lowest BCUT2D eigenvalue weighted by Gasteiger charge is -2.16. The maximum absolute atomic E-state index is 6.47. The van der Waals surface area contributed by atoms with Crippen LogP contribution in [0, 0.1) is 0 Å². The van der Waals surface area contributed by atoms with Gasteiger partial charge in [0.05, 0.1) is 11.4 Å². The Bertz CT molecular complexity index is 855. The van der Waals surface area contributed by atoms with Crippen molar-refractivity contribution in [1.82, 2.24) is 14.3 Å². The minimum atomic E-state index is 0. The Morgan fingerprint density at radius 2 is 1.96 bits per heavy atom. The number of benzene rings is 1. The van der Waals surface area contributed by atoms with Gasteiger partial charge >= 0.3 is 0 Å². The first-order chi connectivity index (χ1) is 11.8. The van der Waals surface area contributed by atoms with E-state index in [0.717, 1.165) is 24.6 Å². The molecule has 1 aliphatic carbocycles. The molecule has 1 saturated carbocycles. The molecule has 2 aliphatic rings. The third-order valence-electron chi connectivity index (χ3n) is 5.40. The first-order valence-corrected chi connectivity index (χ1v) is 9.65. The van der Waals surface area contributed by atoms with Gasteiger partial charge in [-0.05, 0) is 18.4 Å². The van der Waals surface area contributed by atoms with Crippen molar-refractivity contribution in [2.45, 2.75) is 37.3 Å². The lowest BCUT2D eigenvalue weighted by molar-refractivity contribution is 0.317. The molecule has 3 aromatic rings. The summed E-state index contributed by atoms with van der Waals surface area (Å²) in [5.41, 5.74) is 10.6. The molecule has 0 spiro atoms. The molecule has 5 rings (SSSR count). The maximum atomic E-state index is 6.47. The summed E-state index contributed by atoms with van der Waals surface area (Å²) in [6.45, 7) is 2.95. The van der Waals surface area contributed by atoms with Crippen LogP contribution in [0.4, 0.5) is 0 Å². The summed E-state index contributed by atoms with van der Waals surface area (Å²) < 4.78 is 2.29. The van der Waals surface area contributed by atoms with E-state index in [4.69, 9.17) is 10.7 Å². The molecule has 0 amide bonds. The van der Waals surface area contributed by atoms with Crippen molar-refractivity contribution < 1.29 is 0 Å². The zero-order chi connectivity index (χ0) is 16.1. The van der Waals surface area contributed by atoms with Gasteiger partial charge in [-0.1, -0.05) is 30.3 Å². The van der Waals surface area contributed by atoms with Crippen molar-refractivity contribution in [3.05, 3.63) is 58.9 Å². The number of halogens is 1. The van der Waals surface area contributed by atoms with Gasteiger partial charge in [0.1, 0.15) is 0 Å². The third kappa shape index (κ3) is 3.10. The number of rotatable bonds is 4. The smallest absolute Gasteiger partial charge is 0.194 e. The Balaban J connectivity index is 0.00000157. The molecule has 2 fully saturated rings. The van der Waals surface area contributed by atoms with Gasteiger partial charge in [-0.3, -0.25) is 9.30 Å². The van der Waals surface area contributed by atoms with Crippen molar-refractivity contribution in [2.24, 2.45) is 5.73 Å². The number of hydrogen-bond donors (Lipinski definition) is 1. The normalized spacial score (nSPS) is 23.9. The SMILES string of the molecule is Cl.N[C@@H]1CN(Cc2c(C3CC3)nc3sccn23)C[C@H]1c1ccccc1. The Morgan fingerprint density at radius 1 is 1.16 bits per heavy atom. The van der Waals surface area contributed by atoms with E-state index in [1.807, 2.05) is 0 Å². The van der Waals surface area contributed by atoms with E-state index in [1.165, 1.54) is 29.8 Å². The zero-order valence-corrected chi connectivity index (χ0v) is 15.7. The van der Waals surface area contributed by atoms with Crippen molar-refractivity contribution in [1.29, 1.82) is 0 Å². The lowest BCUT2D eigenvalue weighted by atomic mass is 9.95. The van der Waals surface area contributed by atoms with Gasteiger partial charge in [0, 0.05) is 49.1 Å². The number of nitrogens with zero attached hydrogens (tertiary/aromatic N) is 3. The molecule has 3 heterocycles. The molecular weight excluding hydrogens is 352 g/mol. The minimum Gasteiger partial charge on any atom is -0.326 e. The summed E-state index contributed by atoms with van der Waals surface area (Å²) in [5.74, 6) is 1.12. The molecule has 0 radical (unpaired) electrons. The van der Waals surface area contributed by atoms with Crippen molar-refractivity contribution in [3.8, 4) is 0 Å². The highest BCUT2D eigenvalue weighted by atomic mass is 35.5. The summed E-state index contributed by atoms with van der Waals surface area (Å²) >= 11 is 1.73. The van der Waals surface area contributed by atoms with Crippen LogP contribution in [-0.2, 0) is 6.54 Å². The van der Waals surface area contributed by atoms with E-state index in [2.05, 4.69) is 51.2 Å². The molecule has 1 aliphatic heterocycles. The van der Waals surface area contributed by atoms with Crippen LogP contribution in [0.5, 0.6) is 0 Å². The molecule has 0 bridgehead atoms. The number of aromatic nitrogens is 2. The Labute approximate surface area is 158 Å². The fourth-order valence-electron chi connectivity index (χ4n) is 4.00. The summed E-state index contributed by atoms with van der Waals surface area (Å²) in [7, 11) is 0. The number of hydrogen-bond acceptors (Lipinski definition) is 4. The number of thiazole rings is 1. The number of nitrogens with two attached hydrogens (primary N) is 1. The molecule has 2 N–H and O–H groups in total. The van der Waals surface area contributed by atoms with Gasteiger partial charge in [-0.15, -0.1) is 23.7 Å². The van der Waals surface area contributed by atoms with Crippen LogP contribution < -0.4 is 5.73 Å². The Hall–Kier alpha value is -1.40. The molecular formula is C19H23ClN4S. The van der Waals surface area contributed by atoms with Crippen LogP contribution in [0.1, 0.15) is 41.6 Å². The van der Waals surface area contributed by atoms with Gasteiger partial charge in [-0.2, -0.15) is 0 Å². The number of likely N-dealkylation sites (tertiary alicyclic amines) is 1. The van der Waals surface area contributed by atoms with Gasteiger partial charge in [-0.25, -0.2) is 4.98 Å². The largest absolute Gasteiger partial charge is 0.326 e. The van der Waals surface area contributed by atoms with Crippen LogP contribution in [0.2, 0.25) is 0 Å². The maximum Gasteiger partial charge on any atom is 0.194 e. The van der Waals surface area contributed by atoms with Crippen molar-refractivity contribution in [3.63, 3.8) is 0 Å². The second-order valence-electron chi connectivity index (χ2n) is 7.15. The van der Waals surface area contributed by atoms with E-state index < -0.39 is 0 Å². The number of fused-ring (bicyclic) bond motifs is 1. The Kier molecular flexibility index (Phi) is 4.58. The van der Waals surface area contributed by atoms with Crippen molar-refractivity contribution in [2.75, 3.05) is 13.1 Å². The summed E-state index contributed by atoms with van der Waals surface area (Å²) in [4.78, 5) is 8.54. The average Bonchev–Trinajstić information content (AvgIpc) is 3.08. The lowest BCUT2D eigenvalue weighted by Crippen LogP contribution is -2.28. The highest BCUT2D eigenvalue weighted by Gasteiger charge is 2.34. The highest BCUT2D eigenvalue weighted by molar-refractivity contribution is 7.15. The first-order valence-electron chi connectivity index (χ1n) is 8.77. The van der Waals surface area contributed by atoms with E-state index in [1.54, 1.807) is 11.3 Å². The van der Waals surface area contributed by atoms with E-state index in [0.29, 0.717) is 11.8 Å². The van der Waals surface area contributed by atoms with Crippen LogP contribution >= 0.6 is 23.7 Å². The highest BCUT2D eigenvalue weighted by Crippen LogP contribution is 2.42. The van der Waals surface area contributed by atoms with Gasteiger partial charge < -0.3 is 5.73 Å². The zero-order valence-electron chi connectivity index (χ0n) is 14.0. The van der Waals surface area contributed by atoms with Crippen LogP contribution in [-0.4, -0.2) is 33.4 Å². The first kappa shape index (κ1) is 17.0. The topological polar surface area (TPSA) is 46.6 Å². The van der Waals surface area contributed by atoms with E-state index in [9.17, 15) is 0 Å². The molecule has 25 heavy (non-hydrogen) atoms. The van der Waals surface area contributed by atoms with Crippen LogP contribution in [0.15, 0.2) is 41.9 Å². The molecule has 1 aromatic carbocycles. The summed E-state index contributed by atoms with van der Waals surface area (Å²) in [6, 6.07) is 10.9. The standard InChI is InChI=1S/C19H22N4S.ClH/c20-16-11-22(10-15(16)13-4-2-1-3-5-13)12-17-18(14-6-7-14)21-19-23(17)8-9-24-19;/h1-5,8-9,14-16H,6-7,10-12,20H2;1H/t15-,16+;/m0./s1. The van der Waals surface area contributed by atoms with Crippen LogP contribution in [0.3, 0.4) is 0 Å². The van der Waals surface area contributed by atoms with Crippen LogP contribution in [0.25, 0.3) is 4.96 Å². The minimum absolute atomic E-state index is 0. The fourth-order valence-corrected chi connectivity index (χ4v) is 4.74. The van der Waals surface area contributed by atoms with E-state index >= 15 is 0 Å². The fraction of sp³-hybridized carbons (Fsp3) is 0.421. The summed E-state index contributed by atoms with van der Waals surface area (Å²) in [5, 5.41) is 2.13. The molecule has 2 atom stereocenters. The Morgan fingerprint density at radius 3 is 2.72 bits per heavy atom. The second-order valence-corrected chi connectivity index (χ2v) is 8.02. The predicted molar refractivity (Wildman–Crippen MR) is 105 cm³/mol. The molecule has 2 aromatic heterocycles. The molecule has 1 saturated heterocycles. The quantitative estimate of drug-likeness (QED) is 0.758. The predicted octanol–water partition coefficient (Wildman–Crippen LogP) is 3.62. The number of imidazole rings is 1. The molecule has 4 nitrogen and oxygen atoms in total. The van der Waals surface area contributed by atoms with Gasteiger partial charge in [0.15, 0.2) is 4.96 Å². The molecule has 0 unspecified atom stereocenters. The van der Waals surface area contributed by atoms with Gasteiger partial charge in [0.2, 0.25) is 0 Å². The average molecular weight is 375 g/mol. The molecule has 6 heteroatoms.